The van der Waals surface area contributed by atoms with Crippen molar-refractivity contribution in [2.24, 2.45) is 0 Å². The van der Waals surface area contributed by atoms with Gasteiger partial charge in [-0.3, -0.25) is 4.79 Å². The first-order valence-corrected chi connectivity index (χ1v) is 12.0. The highest BCUT2D eigenvalue weighted by atomic mass is 19.1. The summed E-state index contributed by atoms with van der Waals surface area (Å²) < 4.78 is 19.4. The summed E-state index contributed by atoms with van der Waals surface area (Å²) in [6, 6.07) is 15.8. The topological polar surface area (TPSA) is 75.3 Å². The molecule has 1 amide bonds. The summed E-state index contributed by atoms with van der Waals surface area (Å²) in [5.41, 5.74) is 2.97. The number of rotatable bonds is 8. The highest BCUT2D eigenvalue weighted by molar-refractivity contribution is 6.07. The Bertz CT molecular complexity index is 1150. The van der Waals surface area contributed by atoms with Crippen molar-refractivity contribution in [2.45, 2.75) is 51.6 Å². The molecule has 1 aromatic heterocycles. The zero-order valence-electron chi connectivity index (χ0n) is 20.5. The van der Waals surface area contributed by atoms with Gasteiger partial charge in [0.2, 0.25) is 0 Å². The molecule has 1 saturated heterocycles. The average molecular weight is 477 g/mol. The number of carbonyl (C=O) groups is 1. The number of pyridine rings is 1. The van der Waals surface area contributed by atoms with Gasteiger partial charge in [-0.1, -0.05) is 39.0 Å². The average Bonchev–Trinajstić information content (AvgIpc) is 3.36. The molecular weight excluding hydrogens is 443 g/mol. The van der Waals surface area contributed by atoms with Crippen molar-refractivity contribution in [2.75, 3.05) is 23.8 Å². The van der Waals surface area contributed by atoms with Crippen molar-refractivity contribution in [1.29, 1.82) is 0 Å². The molecule has 3 N–H and O–H groups in total. The van der Waals surface area contributed by atoms with Gasteiger partial charge in [-0.05, 0) is 66.3 Å². The van der Waals surface area contributed by atoms with Crippen LogP contribution in [0.3, 0.4) is 0 Å². The molecule has 0 saturated carbocycles. The number of ether oxygens (including phenoxy) is 1. The zero-order valence-corrected chi connectivity index (χ0v) is 20.5. The van der Waals surface area contributed by atoms with E-state index in [9.17, 15) is 9.18 Å². The van der Waals surface area contributed by atoms with Crippen LogP contribution in [0.4, 0.5) is 15.9 Å². The Morgan fingerprint density at radius 3 is 2.69 bits per heavy atom. The summed E-state index contributed by atoms with van der Waals surface area (Å²) in [7, 11) is 0. The molecule has 7 heteroatoms. The van der Waals surface area contributed by atoms with Crippen LogP contribution in [0, 0.1) is 5.82 Å². The van der Waals surface area contributed by atoms with Crippen LogP contribution < -0.4 is 20.7 Å². The summed E-state index contributed by atoms with van der Waals surface area (Å²) in [5, 5.41) is 9.63. The van der Waals surface area contributed by atoms with Gasteiger partial charge in [0.15, 0.2) is 0 Å². The maximum atomic E-state index is 13.2. The second-order valence-corrected chi connectivity index (χ2v) is 9.90. The fourth-order valence-electron chi connectivity index (χ4n) is 4.14. The van der Waals surface area contributed by atoms with E-state index in [2.05, 4.69) is 41.7 Å². The Hall–Kier alpha value is -3.45. The molecule has 6 nitrogen and oxygen atoms in total. The van der Waals surface area contributed by atoms with Crippen LogP contribution in [0.1, 0.15) is 55.1 Å². The number of anilines is 2. The number of nitrogens with zero attached hydrogens (tertiary/aromatic N) is 1. The van der Waals surface area contributed by atoms with Gasteiger partial charge in [-0.15, -0.1) is 0 Å². The van der Waals surface area contributed by atoms with E-state index in [1.54, 1.807) is 30.5 Å². The summed E-state index contributed by atoms with van der Waals surface area (Å²) in [5.74, 6) is 0.688. The molecule has 0 bridgehead atoms. The SMILES string of the molecule is CC(C)(C)c1ccc(NC(=O)c2cccnc2NCc2ccc(F)cc2)cc1OC[C@H]1CCCN1. The minimum absolute atomic E-state index is 0.0955. The number of hydrogen-bond donors (Lipinski definition) is 3. The Morgan fingerprint density at radius 1 is 1.17 bits per heavy atom. The van der Waals surface area contributed by atoms with Crippen molar-refractivity contribution in [3.63, 3.8) is 0 Å². The molecule has 1 fully saturated rings. The molecule has 2 aromatic carbocycles. The van der Waals surface area contributed by atoms with Gasteiger partial charge in [0, 0.05) is 30.5 Å². The molecule has 0 unspecified atom stereocenters. The van der Waals surface area contributed by atoms with Crippen molar-refractivity contribution in [1.82, 2.24) is 10.3 Å². The van der Waals surface area contributed by atoms with Crippen LogP contribution >= 0.6 is 0 Å². The van der Waals surface area contributed by atoms with E-state index in [0.717, 1.165) is 29.8 Å². The van der Waals surface area contributed by atoms with E-state index < -0.39 is 0 Å². The smallest absolute Gasteiger partial charge is 0.259 e. The Labute approximate surface area is 206 Å². The van der Waals surface area contributed by atoms with Crippen molar-refractivity contribution < 1.29 is 13.9 Å². The van der Waals surface area contributed by atoms with Gasteiger partial charge >= 0.3 is 0 Å². The predicted molar refractivity (Wildman–Crippen MR) is 138 cm³/mol. The van der Waals surface area contributed by atoms with Crippen molar-refractivity contribution in [3.05, 3.63) is 83.3 Å². The third kappa shape index (κ3) is 6.57. The molecule has 1 aliphatic rings. The van der Waals surface area contributed by atoms with Gasteiger partial charge in [0.25, 0.3) is 5.91 Å². The zero-order chi connectivity index (χ0) is 24.8. The van der Waals surface area contributed by atoms with Crippen LogP contribution in [0.25, 0.3) is 0 Å². The maximum Gasteiger partial charge on any atom is 0.259 e. The van der Waals surface area contributed by atoms with E-state index in [4.69, 9.17) is 4.74 Å². The lowest BCUT2D eigenvalue weighted by atomic mass is 9.86. The number of hydrogen-bond acceptors (Lipinski definition) is 5. The van der Waals surface area contributed by atoms with E-state index in [1.807, 2.05) is 18.2 Å². The molecule has 35 heavy (non-hydrogen) atoms. The van der Waals surface area contributed by atoms with Crippen molar-refractivity contribution in [3.8, 4) is 5.75 Å². The second kappa shape index (κ2) is 10.9. The lowest BCUT2D eigenvalue weighted by molar-refractivity contribution is 0.102. The molecule has 1 aliphatic heterocycles. The first kappa shape index (κ1) is 24.7. The number of benzene rings is 2. The van der Waals surface area contributed by atoms with Crippen molar-refractivity contribution >= 4 is 17.4 Å². The van der Waals surface area contributed by atoms with Crippen LogP contribution in [0.15, 0.2) is 60.8 Å². The van der Waals surface area contributed by atoms with Crippen LogP contribution in [-0.4, -0.2) is 30.1 Å². The van der Waals surface area contributed by atoms with Gasteiger partial charge in [-0.25, -0.2) is 9.37 Å². The van der Waals surface area contributed by atoms with E-state index in [0.29, 0.717) is 36.3 Å². The first-order chi connectivity index (χ1) is 16.8. The number of halogens is 1. The lowest BCUT2D eigenvalue weighted by Crippen LogP contribution is -2.28. The van der Waals surface area contributed by atoms with Crippen LogP contribution in [0.2, 0.25) is 0 Å². The van der Waals surface area contributed by atoms with Gasteiger partial charge in [-0.2, -0.15) is 0 Å². The monoisotopic (exact) mass is 476 g/mol. The predicted octanol–water partition coefficient (Wildman–Crippen LogP) is 5.51. The van der Waals surface area contributed by atoms with Gasteiger partial charge < -0.3 is 20.7 Å². The third-order valence-electron chi connectivity index (χ3n) is 6.08. The quantitative estimate of drug-likeness (QED) is 0.400. The number of carbonyl (C=O) groups excluding carboxylic acids is 1. The first-order valence-electron chi connectivity index (χ1n) is 12.0. The highest BCUT2D eigenvalue weighted by Gasteiger charge is 2.22. The van der Waals surface area contributed by atoms with E-state index in [-0.39, 0.29) is 17.1 Å². The van der Waals surface area contributed by atoms with Gasteiger partial charge in [0.1, 0.15) is 24.0 Å². The lowest BCUT2D eigenvalue weighted by Gasteiger charge is -2.24. The fraction of sp³-hybridized carbons (Fsp3) is 0.357. The van der Waals surface area contributed by atoms with E-state index in [1.165, 1.54) is 18.6 Å². The summed E-state index contributed by atoms with van der Waals surface area (Å²) in [4.78, 5) is 17.5. The normalized spacial score (nSPS) is 15.6. The van der Waals surface area contributed by atoms with Gasteiger partial charge in [0.05, 0.1) is 5.56 Å². The number of amides is 1. The minimum atomic E-state index is -0.285. The summed E-state index contributed by atoms with van der Waals surface area (Å²) in [6.07, 6.45) is 3.90. The summed E-state index contributed by atoms with van der Waals surface area (Å²) >= 11 is 0. The Balaban J connectivity index is 1.49. The molecule has 1 atom stereocenters. The van der Waals surface area contributed by atoms with Crippen LogP contribution in [-0.2, 0) is 12.0 Å². The van der Waals surface area contributed by atoms with Crippen LogP contribution in [0.5, 0.6) is 5.75 Å². The number of nitrogens with one attached hydrogen (secondary N) is 3. The summed E-state index contributed by atoms with van der Waals surface area (Å²) in [6.45, 7) is 8.49. The highest BCUT2D eigenvalue weighted by Crippen LogP contribution is 2.34. The molecule has 3 aromatic rings. The molecular formula is C28H33FN4O2. The number of aromatic nitrogens is 1. The standard InChI is InChI=1S/C28H33FN4O2/c1-28(2,3)24-13-12-21(16-25(24)35-18-22-6-4-14-30-22)33-27(34)23-7-5-15-31-26(23)32-17-19-8-10-20(29)11-9-19/h5,7-13,15-16,22,30H,4,6,14,17-18H2,1-3H3,(H,31,32)(H,33,34)/t22-/m1/s1. The largest absolute Gasteiger partial charge is 0.492 e. The Kier molecular flexibility index (Phi) is 7.66. The second-order valence-electron chi connectivity index (χ2n) is 9.90. The molecule has 0 spiro atoms. The molecule has 184 valence electrons. The molecule has 2 heterocycles. The molecule has 4 rings (SSSR count). The molecule has 0 radical (unpaired) electrons. The third-order valence-corrected chi connectivity index (χ3v) is 6.08. The van der Waals surface area contributed by atoms with E-state index >= 15 is 0 Å². The fourth-order valence-corrected chi connectivity index (χ4v) is 4.14. The Morgan fingerprint density at radius 2 is 1.97 bits per heavy atom. The minimum Gasteiger partial charge on any atom is -0.492 e. The maximum absolute atomic E-state index is 13.2. The molecule has 0 aliphatic carbocycles.